The van der Waals surface area contributed by atoms with Gasteiger partial charge in [0.15, 0.2) is 0 Å². The van der Waals surface area contributed by atoms with E-state index in [1.807, 2.05) is 13.8 Å². The molecule has 0 aliphatic heterocycles. The molecule has 0 aromatic carbocycles. The maximum absolute atomic E-state index is 11.1. The van der Waals surface area contributed by atoms with Gasteiger partial charge in [-0.2, -0.15) is 11.8 Å². The average molecular weight is 210 g/mol. The summed E-state index contributed by atoms with van der Waals surface area (Å²) in [5.74, 6) is 2.59. The van der Waals surface area contributed by atoms with Crippen molar-refractivity contribution in [3.8, 4) is 0 Å². The van der Waals surface area contributed by atoms with Crippen molar-refractivity contribution in [2.75, 3.05) is 17.4 Å². The quantitative estimate of drug-likeness (QED) is 0.535. The van der Waals surface area contributed by atoms with E-state index >= 15 is 0 Å². The standard InChI is InChI=1S/C8H16ClNOS/c1-7(2)10-8(11)3-5-12-6-4-9/h7H,3-6H2,1-2H3,(H,10,11). The van der Waals surface area contributed by atoms with E-state index in [0.29, 0.717) is 12.3 Å². The number of rotatable bonds is 6. The molecule has 0 spiro atoms. The van der Waals surface area contributed by atoms with Crippen molar-refractivity contribution < 1.29 is 4.79 Å². The summed E-state index contributed by atoms with van der Waals surface area (Å²) in [4.78, 5) is 11.1. The fraction of sp³-hybridized carbons (Fsp3) is 0.875. The van der Waals surface area contributed by atoms with E-state index in [-0.39, 0.29) is 11.9 Å². The van der Waals surface area contributed by atoms with Crippen molar-refractivity contribution in [1.82, 2.24) is 5.32 Å². The number of halogens is 1. The number of carbonyl (C=O) groups is 1. The van der Waals surface area contributed by atoms with Crippen LogP contribution in [-0.4, -0.2) is 29.3 Å². The van der Waals surface area contributed by atoms with Gasteiger partial charge in [0.25, 0.3) is 0 Å². The molecule has 0 aliphatic rings. The summed E-state index contributed by atoms with van der Waals surface area (Å²) < 4.78 is 0. The lowest BCUT2D eigenvalue weighted by molar-refractivity contribution is -0.121. The van der Waals surface area contributed by atoms with Crippen LogP contribution in [0.3, 0.4) is 0 Å². The minimum Gasteiger partial charge on any atom is -0.354 e. The van der Waals surface area contributed by atoms with Crippen LogP contribution < -0.4 is 5.32 Å². The maximum atomic E-state index is 11.1. The first-order valence-corrected chi connectivity index (χ1v) is 5.78. The number of carbonyl (C=O) groups excluding carboxylic acids is 1. The number of hydrogen-bond acceptors (Lipinski definition) is 2. The Hall–Kier alpha value is 0.110. The molecule has 0 radical (unpaired) electrons. The Balaban J connectivity index is 3.20. The van der Waals surface area contributed by atoms with Gasteiger partial charge in [-0.25, -0.2) is 0 Å². The highest BCUT2D eigenvalue weighted by molar-refractivity contribution is 7.99. The van der Waals surface area contributed by atoms with Gasteiger partial charge in [0.05, 0.1) is 0 Å². The predicted octanol–water partition coefficient (Wildman–Crippen LogP) is 1.87. The summed E-state index contributed by atoms with van der Waals surface area (Å²) in [6, 6.07) is 0.246. The SMILES string of the molecule is CC(C)NC(=O)CCSCCCl. The largest absolute Gasteiger partial charge is 0.354 e. The second kappa shape index (κ2) is 7.74. The van der Waals surface area contributed by atoms with Crippen LogP contribution in [0, 0.1) is 0 Å². The maximum Gasteiger partial charge on any atom is 0.221 e. The van der Waals surface area contributed by atoms with Gasteiger partial charge in [0.1, 0.15) is 0 Å². The molecule has 0 fully saturated rings. The van der Waals surface area contributed by atoms with Crippen molar-refractivity contribution in [3.05, 3.63) is 0 Å². The van der Waals surface area contributed by atoms with Crippen LogP contribution in [0.4, 0.5) is 0 Å². The van der Waals surface area contributed by atoms with Gasteiger partial charge < -0.3 is 5.32 Å². The Labute approximate surface area is 83.4 Å². The van der Waals surface area contributed by atoms with Crippen molar-refractivity contribution in [3.63, 3.8) is 0 Å². The molecule has 0 atom stereocenters. The second-order valence-corrected chi connectivity index (χ2v) is 4.38. The molecule has 0 aromatic heterocycles. The van der Waals surface area contributed by atoms with Crippen LogP contribution in [0.25, 0.3) is 0 Å². The third-order valence-corrected chi connectivity index (χ3v) is 2.54. The Kier molecular flexibility index (Phi) is 7.81. The van der Waals surface area contributed by atoms with Gasteiger partial charge in [0.2, 0.25) is 5.91 Å². The topological polar surface area (TPSA) is 29.1 Å². The molecule has 0 bridgehead atoms. The highest BCUT2D eigenvalue weighted by Gasteiger charge is 2.01. The van der Waals surface area contributed by atoms with Crippen molar-refractivity contribution >= 4 is 29.3 Å². The Morgan fingerprint density at radius 2 is 2.17 bits per heavy atom. The van der Waals surface area contributed by atoms with Crippen LogP contribution in [0.2, 0.25) is 0 Å². The molecule has 0 rings (SSSR count). The lowest BCUT2D eigenvalue weighted by atomic mass is 10.3. The first-order chi connectivity index (χ1) is 5.66. The Morgan fingerprint density at radius 1 is 1.50 bits per heavy atom. The zero-order valence-electron chi connectivity index (χ0n) is 7.60. The third-order valence-electron chi connectivity index (χ3n) is 1.14. The van der Waals surface area contributed by atoms with E-state index in [1.165, 1.54) is 0 Å². The van der Waals surface area contributed by atoms with Crippen LogP contribution in [0.5, 0.6) is 0 Å². The molecule has 1 N–H and O–H groups in total. The average Bonchev–Trinajstić information content (AvgIpc) is 1.97. The molecule has 12 heavy (non-hydrogen) atoms. The van der Waals surface area contributed by atoms with Gasteiger partial charge in [0, 0.05) is 29.8 Å². The molecular weight excluding hydrogens is 194 g/mol. The first kappa shape index (κ1) is 12.1. The highest BCUT2D eigenvalue weighted by Crippen LogP contribution is 2.02. The molecule has 0 saturated heterocycles. The fourth-order valence-electron chi connectivity index (χ4n) is 0.716. The number of nitrogens with one attached hydrogen (secondary N) is 1. The Bertz CT molecular complexity index is 130. The number of hydrogen-bond donors (Lipinski definition) is 1. The van der Waals surface area contributed by atoms with Crippen molar-refractivity contribution in [2.24, 2.45) is 0 Å². The van der Waals surface area contributed by atoms with E-state index < -0.39 is 0 Å². The molecular formula is C8H16ClNOS. The lowest BCUT2D eigenvalue weighted by Gasteiger charge is -2.07. The van der Waals surface area contributed by atoms with E-state index in [1.54, 1.807) is 11.8 Å². The summed E-state index contributed by atoms with van der Waals surface area (Å²) in [5, 5.41) is 2.83. The zero-order valence-corrected chi connectivity index (χ0v) is 9.17. The molecule has 0 saturated carbocycles. The molecule has 1 amide bonds. The van der Waals surface area contributed by atoms with Gasteiger partial charge in [-0.1, -0.05) is 0 Å². The number of thioether (sulfide) groups is 1. The van der Waals surface area contributed by atoms with Crippen LogP contribution in [-0.2, 0) is 4.79 Å². The summed E-state index contributed by atoms with van der Waals surface area (Å²) in [6.07, 6.45) is 0.597. The van der Waals surface area contributed by atoms with Gasteiger partial charge >= 0.3 is 0 Å². The monoisotopic (exact) mass is 209 g/mol. The number of alkyl halides is 1. The molecule has 4 heteroatoms. The number of amides is 1. The van der Waals surface area contributed by atoms with Gasteiger partial charge in [-0.15, -0.1) is 11.6 Å². The Morgan fingerprint density at radius 3 is 2.67 bits per heavy atom. The highest BCUT2D eigenvalue weighted by atomic mass is 35.5. The van der Waals surface area contributed by atoms with Crippen LogP contribution in [0.15, 0.2) is 0 Å². The molecule has 0 heterocycles. The van der Waals surface area contributed by atoms with E-state index in [2.05, 4.69) is 5.32 Å². The first-order valence-electron chi connectivity index (χ1n) is 4.10. The predicted molar refractivity (Wildman–Crippen MR) is 55.9 cm³/mol. The fourth-order valence-corrected chi connectivity index (χ4v) is 1.69. The van der Waals surface area contributed by atoms with Crippen LogP contribution in [0.1, 0.15) is 20.3 Å². The van der Waals surface area contributed by atoms with E-state index in [9.17, 15) is 4.79 Å². The van der Waals surface area contributed by atoms with Gasteiger partial charge in [-0.05, 0) is 13.8 Å². The minimum absolute atomic E-state index is 0.132. The van der Waals surface area contributed by atoms with E-state index in [0.717, 1.165) is 11.5 Å². The lowest BCUT2D eigenvalue weighted by Crippen LogP contribution is -2.30. The minimum atomic E-state index is 0.132. The van der Waals surface area contributed by atoms with E-state index in [4.69, 9.17) is 11.6 Å². The molecule has 0 unspecified atom stereocenters. The summed E-state index contributed by atoms with van der Waals surface area (Å²) in [5.41, 5.74) is 0. The summed E-state index contributed by atoms with van der Waals surface area (Å²) >= 11 is 7.20. The molecule has 72 valence electrons. The smallest absolute Gasteiger partial charge is 0.221 e. The molecule has 0 aromatic rings. The third kappa shape index (κ3) is 8.21. The normalized spacial score (nSPS) is 10.3. The van der Waals surface area contributed by atoms with Gasteiger partial charge in [-0.3, -0.25) is 4.79 Å². The second-order valence-electron chi connectivity index (χ2n) is 2.77. The molecule has 2 nitrogen and oxygen atoms in total. The van der Waals surface area contributed by atoms with Crippen molar-refractivity contribution in [2.45, 2.75) is 26.3 Å². The zero-order chi connectivity index (χ0) is 9.40. The molecule has 0 aliphatic carbocycles. The van der Waals surface area contributed by atoms with Crippen molar-refractivity contribution in [1.29, 1.82) is 0 Å². The summed E-state index contributed by atoms with van der Waals surface area (Å²) in [7, 11) is 0. The van der Waals surface area contributed by atoms with Crippen LogP contribution >= 0.6 is 23.4 Å². The summed E-state index contributed by atoms with van der Waals surface area (Å²) in [6.45, 7) is 3.92.